The van der Waals surface area contributed by atoms with Gasteiger partial charge < -0.3 is 63.4 Å². The summed E-state index contributed by atoms with van der Waals surface area (Å²) in [5.74, 6) is -7.18. The Hall–Kier alpha value is -5.13. The number of nitrogens with one attached hydrogen (secondary N) is 5. The second-order valence-electron chi connectivity index (χ2n) is 18.2. The van der Waals surface area contributed by atoms with Gasteiger partial charge in [0, 0.05) is 31.0 Å². The number of phenolic OH excluding ortho intramolecular Hbond substituents is 1. The summed E-state index contributed by atoms with van der Waals surface area (Å²) >= 11 is 0. The number of rotatable bonds is 15. The lowest BCUT2D eigenvalue weighted by Crippen LogP contribution is -2.67. The fraction of sp³-hybridized carbons (Fsp3) is 0.659. The van der Waals surface area contributed by atoms with Gasteiger partial charge in [0.15, 0.2) is 0 Å². The normalized spacial score (nSPS) is 26.6. The number of nitrogens with two attached hydrogens (primary N) is 3. The SMILES string of the molecule is CC[C@H](C)[C@@H]1NC(=O)[C@H](Cc2ccc(O)cc2)NC(=O)[C@@H](N)CSSC[C@@H](C(=O)N2CCC[C@H]2C(=O)N[C@@H](CC(C)C)C(=O)NCC(N)=O)NC(=O)[C@H](CC(N)=O)N2C[C@@H]1O[C@@H](C(C)C)C2=O. The number of primary amides is 2. The van der Waals surface area contributed by atoms with Crippen molar-refractivity contribution in [1.82, 2.24) is 36.4 Å². The van der Waals surface area contributed by atoms with Crippen molar-refractivity contribution in [3.8, 4) is 5.75 Å². The lowest BCUT2D eigenvalue weighted by Gasteiger charge is -2.46. The number of morpholine rings is 1. The molecule has 23 heteroatoms. The number of nitrogens with zero attached hydrogens (tertiary/aromatic N) is 2. The summed E-state index contributed by atoms with van der Waals surface area (Å²) in [5.41, 5.74) is 18.0. The first-order valence-corrected chi connectivity index (χ1v) is 25.2. The lowest BCUT2D eigenvalue weighted by molar-refractivity contribution is -0.178. The molecule has 21 nitrogen and oxygen atoms in total. The number of phenols is 1. The van der Waals surface area contributed by atoms with Crippen LogP contribution in [0.4, 0.5) is 0 Å². The Bertz CT molecular complexity index is 1960. The van der Waals surface area contributed by atoms with Gasteiger partial charge in [-0.25, -0.2) is 0 Å². The minimum absolute atomic E-state index is 0.00269. The number of carbonyl (C=O) groups is 9. The summed E-state index contributed by atoms with van der Waals surface area (Å²) in [7, 11) is 2.21. The third-order valence-electron chi connectivity index (χ3n) is 12.0. The van der Waals surface area contributed by atoms with Crippen LogP contribution in [0.1, 0.15) is 79.2 Å². The van der Waals surface area contributed by atoms with Gasteiger partial charge in [-0.3, -0.25) is 43.2 Å². The fourth-order valence-electron chi connectivity index (χ4n) is 8.20. The Kier molecular flexibility index (Phi) is 20.6. The van der Waals surface area contributed by atoms with Crippen molar-refractivity contribution in [2.75, 3.05) is 31.1 Å². The summed E-state index contributed by atoms with van der Waals surface area (Å²) in [6.07, 6.45) is -1.29. The molecule has 1 aromatic rings. The van der Waals surface area contributed by atoms with Crippen molar-refractivity contribution < 1.29 is 53.0 Å². The van der Waals surface area contributed by atoms with Gasteiger partial charge in [-0.05, 0) is 54.7 Å². The number of hydrogen-bond donors (Lipinski definition) is 9. The molecule has 0 radical (unpaired) electrons. The molecular formula is C44H68N10O11S2. The molecule has 3 aliphatic heterocycles. The van der Waals surface area contributed by atoms with E-state index in [1.165, 1.54) is 21.9 Å². The molecule has 10 atom stereocenters. The summed E-state index contributed by atoms with van der Waals surface area (Å²) in [4.78, 5) is 125. The summed E-state index contributed by atoms with van der Waals surface area (Å²) in [5, 5.41) is 23.7. The number of hydrogen-bond acceptors (Lipinski definition) is 14. The van der Waals surface area contributed by atoms with E-state index < -0.39 is 127 Å². The fourth-order valence-corrected chi connectivity index (χ4v) is 10.5. The van der Waals surface area contributed by atoms with E-state index in [-0.39, 0.29) is 61.4 Å². The zero-order valence-electron chi connectivity index (χ0n) is 39.0. The van der Waals surface area contributed by atoms with Crippen LogP contribution in [-0.2, 0) is 54.3 Å². The predicted molar refractivity (Wildman–Crippen MR) is 251 cm³/mol. The molecular weight excluding hydrogens is 909 g/mol. The lowest BCUT2D eigenvalue weighted by atomic mass is 9.90. The topological polar surface area (TPSA) is 328 Å². The molecule has 2 bridgehead atoms. The van der Waals surface area contributed by atoms with Crippen LogP contribution in [-0.4, -0.2) is 154 Å². The highest BCUT2D eigenvalue weighted by atomic mass is 33.1. The highest BCUT2D eigenvalue weighted by molar-refractivity contribution is 8.76. The van der Waals surface area contributed by atoms with Crippen LogP contribution < -0.4 is 43.8 Å². The van der Waals surface area contributed by atoms with Gasteiger partial charge in [0.05, 0.1) is 31.2 Å². The first-order valence-electron chi connectivity index (χ1n) is 22.7. The Labute approximate surface area is 399 Å². The highest BCUT2D eigenvalue weighted by Crippen LogP contribution is 2.29. The summed E-state index contributed by atoms with van der Waals surface area (Å²) in [6.45, 7) is 10.4. The molecule has 3 saturated heterocycles. The zero-order chi connectivity index (χ0) is 49.7. The summed E-state index contributed by atoms with van der Waals surface area (Å²) < 4.78 is 6.46. The van der Waals surface area contributed by atoms with E-state index in [4.69, 9.17) is 21.9 Å². The molecule has 12 N–H and O–H groups in total. The van der Waals surface area contributed by atoms with Crippen LogP contribution in [0.5, 0.6) is 5.75 Å². The molecule has 0 saturated carbocycles. The minimum Gasteiger partial charge on any atom is -0.508 e. The van der Waals surface area contributed by atoms with Crippen molar-refractivity contribution >= 4 is 74.8 Å². The maximum absolute atomic E-state index is 14.7. The van der Waals surface area contributed by atoms with Gasteiger partial charge in [-0.15, -0.1) is 0 Å². The van der Waals surface area contributed by atoms with Crippen LogP contribution >= 0.6 is 21.6 Å². The zero-order valence-corrected chi connectivity index (χ0v) is 40.6. The number of amides is 9. The molecule has 0 spiro atoms. The molecule has 1 aromatic carbocycles. The quantitative estimate of drug-likeness (QED) is 0.0931. The van der Waals surface area contributed by atoms with Gasteiger partial charge in [-0.2, -0.15) is 0 Å². The number of fused-ring (bicyclic) bond motifs is 2. The average Bonchev–Trinajstić information content (AvgIpc) is 3.77. The maximum atomic E-state index is 14.7. The maximum Gasteiger partial charge on any atom is 0.252 e. The Morgan fingerprint density at radius 3 is 2.19 bits per heavy atom. The molecule has 372 valence electrons. The second kappa shape index (κ2) is 25.3. The van der Waals surface area contributed by atoms with E-state index in [2.05, 4.69) is 26.6 Å². The standard InChI is InChI=1S/C44H68N10O11S2/c1-7-24(6)36-33-19-54(44(64)37(65-33)23(4)5)32(17-34(46)56)42(62)51-30(21-67-66-20-27(45)38(58)49-29(40(60)52-36)16-25-10-12-26(55)13-11-25)43(63)53-14-8-9-31(53)41(61)50-28(15-22(2)3)39(59)48-18-35(47)57/h10-13,22-24,27-33,36-37,55H,7-9,14-21,45H2,1-6H3,(H2,46,56)(H2,47,57)(H,48,59)(H,49,58)(H,50,61)(H,51,62)(H,52,60)/t24-,27-,28-,29-,30-,31-,32-,33-,36-,37-/m0/s1. The van der Waals surface area contributed by atoms with Crippen LogP contribution in [0.2, 0.25) is 0 Å². The van der Waals surface area contributed by atoms with E-state index in [0.717, 1.165) is 21.6 Å². The largest absolute Gasteiger partial charge is 0.508 e. The molecule has 3 heterocycles. The van der Waals surface area contributed by atoms with E-state index >= 15 is 0 Å². The third-order valence-corrected chi connectivity index (χ3v) is 14.5. The Morgan fingerprint density at radius 2 is 1.58 bits per heavy atom. The first kappa shape index (κ1) is 54.5. The number of carbonyl (C=O) groups excluding carboxylic acids is 9. The third kappa shape index (κ3) is 15.4. The molecule has 4 rings (SSSR count). The van der Waals surface area contributed by atoms with Gasteiger partial charge in [0.25, 0.3) is 5.91 Å². The van der Waals surface area contributed by atoms with Crippen molar-refractivity contribution in [1.29, 1.82) is 0 Å². The van der Waals surface area contributed by atoms with E-state index in [9.17, 15) is 48.3 Å². The van der Waals surface area contributed by atoms with Crippen LogP contribution in [0.15, 0.2) is 24.3 Å². The molecule has 0 unspecified atom stereocenters. The Balaban J connectivity index is 1.74. The molecule has 67 heavy (non-hydrogen) atoms. The van der Waals surface area contributed by atoms with E-state index in [1.807, 2.05) is 27.7 Å². The second-order valence-corrected chi connectivity index (χ2v) is 20.7. The van der Waals surface area contributed by atoms with Gasteiger partial charge in [0.2, 0.25) is 47.3 Å². The minimum atomic E-state index is -1.53. The van der Waals surface area contributed by atoms with Crippen molar-refractivity contribution in [3.63, 3.8) is 0 Å². The van der Waals surface area contributed by atoms with Gasteiger partial charge >= 0.3 is 0 Å². The van der Waals surface area contributed by atoms with Crippen LogP contribution in [0.25, 0.3) is 0 Å². The van der Waals surface area contributed by atoms with Crippen molar-refractivity contribution in [2.24, 2.45) is 35.0 Å². The van der Waals surface area contributed by atoms with Crippen LogP contribution in [0, 0.1) is 17.8 Å². The van der Waals surface area contributed by atoms with Crippen LogP contribution in [0.3, 0.4) is 0 Å². The molecule has 3 aliphatic rings. The number of benzene rings is 1. The molecule has 0 aliphatic carbocycles. The monoisotopic (exact) mass is 976 g/mol. The highest BCUT2D eigenvalue weighted by Gasteiger charge is 2.47. The first-order chi connectivity index (χ1) is 31.6. The van der Waals surface area contributed by atoms with Crippen molar-refractivity contribution in [2.45, 2.75) is 135 Å². The number of aromatic hydroxyl groups is 1. The van der Waals surface area contributed by atoms with Gasteiger partial charge in [0.1, 0.15) is 42.1 Å². The molecule has 3 fully saturated rings. The van der Waals surface area contributed by atoms with Gasteiger partial charge in [-0.1, -0.05) is 81.7 Å². The van der Waals surface area contributed by atoms with E-state index in [0.29, 0.717) is 18.4 Å². The molecule has 9 amide bonds. The summed E-state index contributed by atoms with van der Waals surface area (Å²) in [6, 6.07) is -1.91. The number of likely N-dealkylation sites (tertiary alicyclic amines) is 1. The Morgan fingerprint density at radius 1 is 0.910 bits per heavy atom. The predicted octanol–water partition coefficient (Wildman–Crippen LogP) is -1.22. The molecule has 0 aromatic heterocycles. The average molecular weight is 977 g/mol. The smallest absolute Gasteiger partial charge is 0.252 e. The number of ether oxygens (including phenoxy) is 1. The van der Waals surface area contributed by atoms with Crippen molar-refractivity contribution in [3.05, 3.63) is 29.8 Å². The van der Waals surface area contributed by atoms with E-state index in [1.54, 1.807) is 26.0 Å².